The quantitative estimate of drug-likeness (QED) is 0.899. The van der Waals surface area contributed by atoms with E-state index in [9.17, 15) is 9.18 Å². The lowest BCUT2D eigenvalue weighted by atomic mass is 10.1. The number of anilines is 1. The van der Waals surface area contributed by atoms with E-state index in [2.05, 4.69) is 4.90 Å². The second-order valence-electron chi connectivity index (χ2n) is 6.43. The van der Waals surface area contributed by atoms with E-state index < -0.39 is 0 Å². The summed E-state index contributed by atoms with van der Waals surface area (Å²) in [6.07, 6.45) is 1.93. The Morgan fingerprint density at radius 2 is 1.74 bits per heavy atom. The van der Waals surface area contributed by atoms with Gasteiger partial charge < -0.3 is 15.5 Å². The highest BCUT2D eigenvalue weighted by atomic mass is 19.1. The van der Waals surface area contributed by atoms with Gasteiger partial charge in [-0.15, -0.1) is 0 Å². The van der Waals surface area contributed by atoms with E-state index in [-0.39, 0.29) is 17.8 Å². The Labute approximate surface area is 136 Å². The molecule has 3 rings (SSSR count). The number of piperazine rings is 1. The van der Waals surface area contributed by atoms with E-state index >= 15 is 0 Å². The topological polar surface area (TPSA) is 52.8 Å². The van der Waals surface area contributed by atoms with Gasteiger partial charge in [0.05, 0.1) is 12.2 Å². The Hall–Kier alpha value is -1.66. The highest BCUT2D eigenvalue weighted by Gasteiger charge is 2.25. The maximum absolute atomic E-state index is 13.8. The van der Waals surface area contributed by atoms with Gasteiger partial charge >= 0.3 is 0 Å². The van der Waals surface area contributed by atoms with Crippen LogP contribution in [0.5, 0.6) is 0 Å². The number of hydrogen-bond donors (Lipinski definition) is 1. The lowest BCUT2D eigenvalue weighted by Gasteiger charge is -2.37. The highest BCUT2D eigenvalue weighted by Crippen LogP contribution is 2.20. The largest absolute Gasteiger partial charge is 0.366 e. The molecule has 0 atom stereocenters. The van der Waals surface area contributed by atoms with Gasteiger partial charge in [0.15, 0.2) is 0 Å². The molecule has 1 aromatic carbocycles. The molecule has 2 aliphatic heterocycles. The number of rotatable bonds is 3. The number of halogens is 1. The van der Waals surface area contributed by atoms with Crippen LogP contribution in [0.4, 0.5) is 10.1 Å². The summed E-state index contributed by atoms with van der Waals surface area (Å²) in [4.78, 5) is 18.5. The van der Waals surface area contributed by atoms with Crippen molar-refractivity contribution < 1.29 is 9.18 Å². The number of hydrogen-bond acceptors (Lipinski definition) is 4. The zero-order valence-corrected chi connectivity index (χ0v) is 13.5. The molecule has 2 N–H and O–H groups in total. The van der Waals surface area contributed by atoms with E-state index in [1.54, 1.807) is 12.1 Å². The lowest BCUT2D eigenvalue weighted by molar-refractivity contribution is -0.133. The second-order valence-corrected chi connectivity index (χ2v) is 6.43. The first-order valence-corrected chi connectivity index (χ1v) is 8.38. The predicted molar refractivity (Wildman–Crippen MR) is 88.8 cm³/mol. The number of nitrogens with zero attached hydrogens (tertiary/aromatic N) is 3. The van der Waals surface area contributed by atoms with Crippen molar-refractivity contribution in [3.63, 3.8) is 0 Å². The first-order valence-electron chi connectivity index (χ1n) is 8.38. The van der Waals surface area contributed by atoms with Gasteiger partial charge in [0, 0.05) is 45.3 Å². The van der Waals surface area contributed by atoms with Crippen molar-refractivity contribution in [2.45, 2.75) is 18.9 Å². The van der Waals surface area contributed by atoms with Crippen LogP contribution in [0, 0.1) is 5.82 Å². The van der Waals surface area contributed by atoms with Gasteiger partial charge in [0.2, 0.25) is 5.91 Å². The van der Waals surface area contributed by atoms with Crippen molar-refractivity contribution in [1.29, 1.82) is 0 Å². The zero-order valence-electron chi connectivity index (χ0n) is 13.5. The third-order valence-electron chi connectivity index (χ3n) is 4.82. The number of likely N-dealkylation sites (tertiary alicyclic amines) is 1. The molecule has 0 aromatic heterocycles. The van der Waals surface area contributed by atoms with Crippen molar-refractivity contribution in [3.05, 3.63) is 30.1 Å². The van der Waals surface area contributed by atoms with Crippen molar-refractivity contribution in [2.75, 3.05) is 50.7 Å². The summed E-state index contributed by atoms with van der Waals surface area (Å²) in [6.45, 7) is 4.95. The second kappa shape index (κ2) is 7.27. The molecule has 0 saturated carbocycles. The summed E-state index contributed by atoms with van der Waals surface area (Å²) in [6, 6.07) is 7.10. The number of nitrogens with two attached hydrogens (primary N) is 1. The van der Waals surface area contributed by atoms with Crippen LogP contribution in [-0.2, 0) is 4.79 Å². The molecular weight excluding hydrogens is 295 g/mol. The number of carbonyl (C=O) groups is 1. The van der Waals surface area contributed by atoms with Crippen LogP contribution < -0.4 is 10.6 Å². The number of benzene rings is 1. The van der Waals surface area contributed by atoms with Gasteiger partial charge in [-0.25, -0.2) is 4.39 Å². The molecule has 6 heteroatoms. The molecule has 0 unspecified atom stereocenters. The summed E-state index contributed by atoms with van der Waals surface area (Å²) in [5, 5.41) is 0. The summed E-state index contributed by atoms with van der Waals surface area (Å²) in [5.41, 5.74) is 6.52. The fourth-order valence-electron chi connectivity index (χ4n) is 3.31. The summed E-state index contributed by atoms with van der Waals surface area (Å²) in [7, 11) is 0. The van der Waals surface area contributed by atoms with Crippen molar-refractivity contribution in [2.24, 2.45) is 5.73 Å². The van der Waals surface area contributed by atoms with Crippen LogP contribution in [0.3, 0.4) is 0 Å². The van der Waals surface area contributed by atoms with E-state index in [1.807, 2.05) is 15.9 Å². The highest BCUT2D eigenvalue weighted by molar-refractivity contribution is 5.78. The Morgan fingerprint density at radius 3 is 2.39 bits per heavy atom. The Balaban J connectivity index is 1.49. The smallest absolute Gasteiger partial charge is 0.236 e. The first-order chi connectivity index (χ1) is 11.1. The minimum atomic E-state index is -0.197. The third kappa shape index (κ3) is 4.00. The summed E-state index contributed by atoms with van der Waals surface area (Å²) < 4.78 is 13.8. The lowest BCUT2D eigenvalue weighted by Crippen LogP contribution is -2.52. The number of piperidine rings is 1. The molecule has 2 fully saturated rings. The maximum Gasteiger partial charge on any atom is 0.236 e. The molecule has 0 aliphatic carbocycles. The fraction of sp³-hybridized carbons (Fsp3) is 0.588. The van der Waals surface area contributed by atoms with Crippen LogP contribution in [-0.4, -0.2) is 67.6 Å². The summed E-state index contributed by atoms with van der Waals surface area (Å²) in [5.74, 6) is -0.0226. The van der Waals surface area contributed by atoms with Crippen LogP contribution in [0.25, 0.3) is 0 Å². The van der Waals surface area contributed by atoms with Crippen LogP contribution >= 0.6 is 0 Å². The van der Waals surface area contributed by atoms with Gasteiger partial charge in [-0.3, -0.25) is 9.69 Å². The van der Waals surface area contributed by atoms with Gasteiger partial charge in [-0.2, -0.15) is 0 Å². The van der Waals surface area contributed by atoms with Crippen LogP contribution in [0.15, 0.2) is 24.3 Å². The standard InChI is InChI=1S/C17H25FN4O/c18-15-3-1-2-4-16(15)21-9-11-22(12-10-21)17(23)13-20-7-5-14(19)6-8-20/h1-4,14H,5-13,19H2. The van der Waals surface area contributed by atoms with Crippen molar-refractivity contribution in [1.82, 2.24) is 9.80 Å². The molecule has 2 aliphatic rings. The van der Waals surface area contributed by atoms with Crippen molar-refractivity contribution in [3.8, 4) is 0 Å². The SMILES string of the molecule is NC1CCN(CC(=O)N2CCN(c3ccccc3F)CC2)CC1. The minimum absolute atomic E-state index is 0.175. The molecule has 0 bridgehead atoms. The zero-order chi connectivity index (χ0) is 16.2. The van der Waals surface area contributed by atoms with E-state index in [0.29, 0.717) is 38.4 Å². The third-order valence-corrected chi connectivity index (χ3v) is 4.82. The summed E-state index contributed by atoms with van der Waals surface area (Å²) >= 11 is 0. The fourth-order valence-corrected chi connectivity index (χ4v) is 3.31. The molecule has 0 spiro atoms. The van der Waals surface area contributed by atoms with Gasteiger partial charge in [0.1, 0.15) is 5.82 Å². The number of carbonyl (C=O) groups excluding carboxylic acids is 1. The van der Waals surface area contributed by atoms with Gasteiger partial charge in [-0.05, 0) is 25.0 Å². The normalized spacial score (nSPS) is 20.8. The Bertz CT molecular complexity index is 537. The molecule has 1 amide bonds. The Kier molecular flexibility index (Phi) is 5.13. The van der Waals surface area contributed by atoms with E-state index in [4.69, 9.17) is 5.73 Å². The van der Waals surface area contributed by atoms with E-state index in [0.717, 1.165) is 25.9 Å². The average Bonchev–Trinajstić information content (AvgIpc) is 2.57. The first kappa shape index (κ1) is 16.2. The molecule has 1 aromatic rings. The predicted octanol–water partition coefficient (Wildman–Crippen LogP) is 0.897. The van der Waals surface area contributed by atoms with Crippen molar-refractivity contribution >= 4 is 11.6 Å². The van der Waals surface area contributed by atoms with Crippen LogP contribution in [0.1, 0.15) is 12.8 Å². The molecule has 23 heavy (non-hydrogen) atoms. The minimum Gasteiger partial charge on any atom is -0.366 e. The van der Waals surface area contributed by atoms with Crippen LogP contribution in [0.2, 0.25) is 0 Å². The molecular formula is C17H25FN4O. The molecule has 5 nitrogen and oxygen atoms in total. The van der Waals surface area contributed by atoms with Gasteiger partial charge in [0.25, 0.3) is 0 Å². The molecule has 126 valence electrons. The number of amides is 1. The molecule has 2 heterocycles. The molecule has 2 saturated heterocycles. The maximum atomic E-state index is 13.8. The van der Waals surface area contributed by atoms with E-state index in [1.165, 1.54) is 6.07 Å². The van der Waals surface area contributed by atoms with Gasteiger partial charge in [-0.1, -0.05) is 12.1 Å². The Morgan fingerprint density at radius 1 is 1.09 bits per heavy atom. The molecule has 0 radical (unpaired) electrons. The monoisotopic (exact) mass is 320 g/mol. The average molecular weight is 320 g/mol. The number of para-hydroxylation sites is 1.